The van der Waals surface area contributed by atoms with E-state index in [1.165, 1.54) is 31.3 Å². The normalized spacial score (nSPS) is 13.4. The summed E-state index contributed by atoms with van der Waals surface area (Å²) in [4.78, 5) is 17.7. The number of hydrogen-bond donors (Lipinski definition) is 0. The first-order valence-corrected chi connectivity index (χ1v) is 7.87. The van der Waals surface area contributed by atoms with Crippen molar-refractivity contribution in [2.24, 2.45) is 0 Å². The zero-order chi connectivity index (χ0) is 18.0. The molecule has 1 aromatic carbocycles. The summed E-state index contributed by atoms with van der Waals surface area (Å²) in [6, 6.07) is 2.58. The Labute approximate surface area is 144 Å². The van der Waals surface area contributed by atoms with Crippen LogP contribution < -0.4 is 14.4 Å². The SMILES string of the molecule is C=CC(=O)N(Cc1cnc(C2CC2)o1)c1cc(OC)c(OC)cc1F. The highest BCUT2D eigenvalue weighted by atomic mass is 19.1. The molecule has 0 radical (unpaired) electrons. The fourth-order valence-electron chi connectivity index (χ4n) is 2.51. The van der Waals surface area contributed by atoms with E-state index in [4.69, 9.17) is 13.9 Å². The molecule has 3 rings (SSSR count). The molecule has 1 fully saturated rings. The topological polar surface area (TPSA) is 64.8 Å². The second-order valence-electron chi connectivity index (χ2n) is 5.73. The van der Waals surface area contributed by atoms with Gasteiger partial charge in [-0.05, 0) is 18.9 Å². The van der Waals surface area contributed by atoms with Gasteiger partial charge in [-0.25, -0.2) is 9.37 Å². The van der Waals surface area contributed by atoms with Crippen molar-refractivity contribution < 1.29 is 23.1 Å². The summed E-state index contributed by atoms with van der Waals surface area (Å²) in [7, 11) is 2.86. The molecule has 1 saturated carbocycles. The van der Waals surface area contributed by atoms with E-state index in [0.29, 0.717) is 23.3 Å². The van der Waals surface area contributed by atoms with Crippen LogP contribution in [0, 0.1) is 5.82 Å². The number of anilines is 1. The van der Waals surface area contributed by atoms with Crippen molar-refractivity contribution >= 4 is 11.6 Å². The first kappa shape index (κ1) is 17.0. The molecule has 132 valence electrons. The van der Waals surface area contributed by atoms with Crippen LogP contribution >= 0.6 is 0 Å². The number of aromatic nitrogens is 1. The van der Waals surface area contributed by atoms with Crippen LogP contribution in [0.1, 0.15) is 30.4 Å². The maximum atomic E-state index is 14.5. The molecule has 1 heterocycles. The zero-order valence-electron chi connectivity index (χ0n) is 14.1. The number of halogens is 1. The fourth-order valence-corrected chi connectivity index (χ4v) is 2.51. The highest BCUT2D eigenvalue weighted by Crippen LogP contribution is 2.40. The average molecular weight is 346 g/mol. The Hall–Kier alpha value is -2.83. The zero-order valence-corrected chi connectivity index (χ0v) is 14.1. The second-order valence-corrected chi connectivity index (χ2v) is 5.73. The van der Waals surface area contributed by atoms with Crippen LogP contribution in [0.2, 0.25) is 0 Å². The van der Waals surface area contributed by atoms with Crippen molar-refractivity contribution in [2.75, 3.05) is 19.1 Å². The number of methoxy groups -OCH3 is 2. The van der Waals surface area contributed by atoms with Gasteiger partial charge in [-0.3, -0.25) is 9.69 Å². The molecule has 1 aliphatic carbocycles. The minimum atomic E-state index is -0.616. The third-order valence-corrected chi connectivity index (χ3v) is 4.00. The summed E-state index contributed by atoms with van der Waals surface area (Å²) in [6.07, 6.45) is 4.79. The van der Waals surface area contributed by atoms with Crippen molar-refractivity contribution in [3.05, 3.63) is 48.5 Å². The Kier molecular flexibility index (Phi) is 4.74. The maximum absolute atomic E-state index is 14.5. The Morgan fingerprint density at radius 2 is 2.08 bits per heavy atom. The standard InChI is InChI=1S/C18H19FN2O4/c1-4-17(22)21(10-12-9-20-18(25-12)11-5-6-11)14-8-16(24-3)15(23-2)7-13(14)19/h4,7-9,11H,1,5-6,10H2,2-3H3. The molecule has 1 amide bonds. The summed E-state index contributed by atoms with van der Waals surface area (Å²) in [5.74, 6) is 0.975. The van der Waals surface area contributed by atoms with Gasteiger partial charge >= 0.3 is 0 Å². The number of oxazole rings is 1. The smallest absolute Gasteiger partial charge is 0.250 e. The molecule has 25 heavy (non-hydrogen) atoms. The summed E-state index contributed by atoms with van der Waals surface area (Å²) in [5.41, 5.74) is 0.0481. The van der Waals surface area contributed by atoms with Gasteiger partial charge in [0, 0.05) is 18.1 Å². The van der Waals surface area contributed by atoms with Crippen molar-refractivity contribution in [1.82, 2.24) is 4.98 Å². The van der Waals surface area contributed by atoms with Gasteiger partial charge in [0.25, 0.3) is 5.91 Å². The largest absolute Gasteiger partial charge is 0.493 e. The summed E-state index contributed by atoms with van der Waals surface area (Å²) in [6.45, 7) is 3.52. The molecule has 0 aliphatic heterocycles. The monoisotopic (exact) mass is 346 g/mol. The molecule has 0 saturated heterocycles. The molecular formula is C18H19FN2O4. The minimum absolute atomic E-state index is 0.0387. The number of ether oxygens (including phenoxy) is 2. The van der Waals surface area contributed by atoms with Crippen molar-refractivity contribution in [3.8, 4) is 11.5 Å². The molecule has 1 aromatic heterocycles. The number of nitrogens with zero attached hydrogens (tertiary/aromatic N) is 2. The van der Waals surface area contributed by atoms with Crippen LogP contribution in [0.5, 0.6) is 11.5 Å². The predicted molar refractivity (Wildman–Crippen MR) is 89.4 cm³/mol. The lowest BCUT2D eigenvalue weighted by atomic mass is 10.2. The Balaban J connectivity index is 1.94. The van der Waals surface area contributed by atoms with Crippen molar-refractivity contribution in [3.63, 3.8) is 0 Å². The number of carbonyl (C=O) groups is 1. The number of hydrogen-bond acceptors (Lipinski definition) is 5. The van der Waals surface area contributed by atoms with Crippen LogP contribution in [0.3, 0.4) is 0 Å². The van der Waals surface area contributed by atoms with Gasteiger partial charge in [0.1, 0.15) is 5.76 Å². The lowest BCUT2D eigenvalue weighted by molar-refractivity contribution is -0.114. The average Bonchev–Trinajstić information content (AvgIpc) is 3.38. The molecule has 0 N–H and O–H groups in total. The second kappa shape index (κ2) is 6.96. The van der Waals surface area contributed by atoms with Gasteiger partial charge in [-0.15, -0.1) is 0 Å². The van der Waals surface area contributed by atoms with Gasteiger partial charge in [0.05, 0.1) is 32.6 Å². The Morgan fingerprint density at radius 3 is 2.68 bits per heavy atom. The molecule has 7 heteroatoms. The van der Waals surface area contributed by atoms with E-state index in [1.54, 1.807) is 6.20 Å². The van der Waals surface area contributed by atoms with Crippen LogP contribution in [-0.4, -0.2) is 25.1 Å². The van der Waals surface area contributed by atoms with Crippen LogP contribution in [0.4, 0.5) is 10.1 Å². The van der Waals surface area contributed by atoms with Crippen LogP contribution in [-0.2, 0) is 11.3 Å². The van der Waals surface area contributed by atoms with E-state index < -0.39 is 11.7 Å². The maximum Gasteiger partial charge on any atom is 0.250 e. The van der Waals surface area contributed by atoms with E-state index >= 15 is 0 Å². The lowest BCUT2D eigenvalue weighted by Crippen LogP contribution is -2.29. The first-order chi connectivity index (χ1) is 12.1. The van der Waals surface area contributed by atoms with E-state index in [1.807, 2.05) is 0 Å². The highest BCUT2D eigenvalue weighted by Gasteiger charge is 2.29. The lowest BCUT2D eigenvalue weighted by Gasteiger charge is -2.22. The Bertz CT molecular complexity index is 798. The molecular weight excluding hydrogens is 327 g/mol. The summed E-state index contributed by atoms with van der Waals surface area (Å²) >= 11 is 0. The third-order valence-electron chi connectivity index (χ3n) is 4.00. The van der Waals surface area contributed by atoms with Crippen LogP contribution in [0.25, 0.3) is 0 Å². The molecule has 0 atom stereocenters. The number of rotatable bonds is 7. The summed E-state index contributed by atoms with van der Waals surface area (Å²) in [5, 5.41) is 0. The molecule has 1 aliphatic rings. The van der Waals surface area contributed by atoms with Crippen molar-refractivity contribution in [1.29, 1.82) is 0 Å². The Morgan fingerprint density at radius 1 is 1.40 bits per heavy atom. The van der Waals surface area contributed by atoms with E-state index in [-0.39, 0.29) is 18.0 Å². The summed E-state index contributed by atoms with van der Waals surface area (Å²) < 4.78 is 30.5. The number of benzene rings is 1. The number of amides is 1. The van der Waals surface area contributed by atoms with Gasteiger partial charge in [0.15, 0.2) is 23.2 Å². The molecule has 6 nitrogen and oxygen atoms in total. The molecule has 0 unspecified atom stereocenters. The fraction of sp³-hybridized carbons (Fsp3) is 0.333. The molecule has 0 spiro atoms. The molecule has 0 bridgehead atoms. The van der Waals surface area contributed by atoms with Gasteiger partial charge < -0.3 is 13.9 Å². The quantitative estimate of drug-likeness (QED) is 0.719. The third kappa shape index (κ3) is 3.50. The highest BCUT2D eigenvalue weighted by molar-refractivity contribution is 6.01. The van der Waals surface area contributed by atoms with Crippen molar-refractivity contribution in [2.45, 2.75) is 25.3 Å². The first-order valence-electron chi connectivity index (χ1n) is 7.87. The van der Waals surface area contributed by atoms with E-state index in [2.05, 4.69) is 11.6 Å². The van der Waals surface area contributed by atoms with Gasteiger partial charge in [-0.1, -0.05) is 6.58 Å². The van der Waals surface area contributed by atoms with Gasteiger partial charge in [0.2, 0.25) is 0 Å². The molecule has 2 aromatic rings. The van der Waals surface area contributed by atoms with Gasteiger partial charge in [-0.2, -0.15) is 0 Å². The van der Waals surface area contributed by atoms with E-state index in [9.17, 15) is 9.18 Å². The van der Waals surface area contributed by atoms with Crippen LogP contribution in [0.15, 0.2) is 35.4 Å². The number of carbonyl (C=O) groups excluding carboxylic acids is 1. The van der Waals surface area contributed by atoms with E-state index in [0.717, 1.165) is 18.9 Å². The predicted octanol–water partition coefficient (Wildman–Crippen LogP) is 3.43. The minimum Gasteiger partial charge on any atom is -0.493 e.